The molecule has 0 N–H and O–H groups in total. The van der Waals surface area contributed by atoms with E-state index in [4.69, 9.17) is 16.3 Å². The minimum atomic E-state index is -0.166. The van der Waals surface area contributed by atoms with Gasteiger partial charge in [-0.15, -0.1) is 11.6 Å². The lowest BCUT2D eigenvalue weighted by atomic mass is 9.96. The third-order valence-electron chi connectivity index (χ3n) is 4.28. The van der Waals surface area contributed by atoms with Crippen LogP contribution >= 0.6 is 11.6 Å². The highest BCUT2D eigenvalue weighted by atomic mass is 35.5. The van der Waals surface area contributed by atoms with E-state index in [2.05, 4.69) is 36.4 Å². The molecular formula is C21H18ClNO. The number of hydrogen-bond donors (Lipinski definition) is 0. The lowest BCUT2D eigenvalue weighted by Crippen LogP contribution is -1.95. The van der Waals surface area contributed by atoms with Crippen LogP contribution in [0.15, 0.2) is 48.5 Å². The first-order chi connectivity index (χ1) is 11.7. The predicted octanol–water partition coefficient (Wildman–Crippen LogP) is 5.53. The SMILES string of the molecule is COc1ccc2c(c1)C(C(C)C#N)=CC2=Cc1ccc(CCl)cc1. The Bertz CT molecular complexity index is 856. The Labute approximate surface area is 147 Å². The molecule has 0 fully saturated rings. The maximum Gasteiger partial charge on any atom is 0.119 e. The molecule has 0 saturated heterocycles. The quantitative estimate of drug-likeness (QED) is 0.688. The van der Waals surface area contributed by atoms with Gasteiger partial charge in [0, 0.05) is 5.88 Å². The van der Waals surface area contributed by atoms with E-state index in [1.54, 1.807) is 7.11 Å². The Morgan fingerprint density at radius 2 is 1.92 bits per heavy atom. The molecule has 1 aliphatic carbocycles. The van der Waals surface area contributed by atoms with Gasteiger partial charge in [-0.3, -0.25) is 0 Å². The second-order valence-electron chi connectivity index (χ2n) is 5.84. The van der Waals surface area contributed by atoms with Crippen LogP contribution in [0, 0.1) is 17.2 Å². The van der Waals surface area contributed by atoms with Crippen molar-refractivity contribution < 1.29 is 4.74 Å². The third-order valence-corrected chi connectivity index (χ3v) is 4.58. The highest BCUT2D eigenvalue weighted by Crippen LogP contribution is 2.41. The lowest BCUT2D eigenvalue weighted by Gasteiger charge is -2.09. The van der Waals surface area contributed by atoms with Crippen LogP contribution < -0.4 is 4.74 Å². The molecule has 3 heteroatoms. The van der Waals surface area contributed by atoms with Crippen LogP contribution in [-0.2, 0) is 5.88 Å². The molecule has 0 amide bonds. The molecule has 0 aliphatic heterocycles. The molecule has 2 nitrogen and oxygen atoms in total. The molecule has 2 aromatic rings. The van der Waals surface area contributed by atoms with Crippen LogP contribution in [-0.4, -0.2) is 7.11 Å². The maximum atomic E-state index is 9.33. The topological polar surface area (TPSA) is 33.0 Å². The number of ether oxygens (including phenoxy) is 1. The van der Waals surface area contributed by atoms with Crippen molar-refractivity contribution in [3.63, 3.8) is 0 Å². The van der Waals surface area contributed by atoms with Gasteiger partial charge in [-0.2, -0.15) is 5.26 Å². The summed E-state index contributed by atoms with van der Waals surface area (Å²) in [7, 11) is 1.66. The second-order valence-corrected chi connectivity index (χ2v) is 6.10. The summed E-state index contributed by atoms with van der Waals surface area (Å²) in [5.41, 5.74) is 6.58. The largest absolute Gasteiger partial charge is 0.497 e. The molecule has 1 aliphatic rings. The van der Waals surface area contributed by atoms with Gasteiger partial charge in [-0.05, 0) is 64.6 Å². The summed E-state index contributed by atoms with van der Waals surface area (Å²) >= 11 is 5.85. The molecule has 3 rings (SSSR count). The number of fused-ring (bicyclic) bond motifs is 1. The zero-order valence-electron chi connectivity index (χ0n) is 13.7. The summed E-state index contributed by atoms with van der Waals surface area (Å²) in [4.78, 5) is 0. The minimum Gasteiger partial charge on any atom is -0.497 e. The number of allylic oxidation sites excluding steroid dienone is 3. The van der Waals surface area contributed by atoms with Crippen LogP contribution in [0.3, 0.4) is 0 Å². The van der Waals surface area contributed by atoms with Gasteiger partial charge in [-0.25, -0.2) is 0 Å². The van der Waals surface area contributed by atoms with E-state index >= 15 is 0 Å². The second kappa shape index (κ2) is 6.95. The molecule has 1 unspecified atom stereocenters. The van der Waals surface area contributed by atoms with Crippen molar-refractivity contribution >= 4 is 28.8 Å². The molecule has 0 heterocycles. The van der Waals surface area contributed by atoms with Crippen molar-refractivity contribution in [2.24, 2.45) is 5.92 Å². The van der Waals surface area contributed by atoms with Crippen molar-refractivity contribution in [2.45, 2.75) is 12.8 Å². The highest BCUT2D eigenvalue weighted by molar-refractivity contribution is 6.17. The van der Waals surface area contributed by atoms with E-state index in [0.29, 0.717) is 5.88 Å². The summed E-state index contributed by atoms with van der Waals surface area (Å²) < 4.78 is 5.34. The van der Waals surface area contributed by atoms with Gasteiger partial charge in [0.15, 0.2) is 0 Å². The molecule has 0 spiro atoms. The van der Waals surface area contributed by atoms with Gasteiger partial charge in [0.25, 0.3) is 0 Å². The summed E-state index contributed by atoms with van der Waals surface area (Å²) in [6.07, 6.45) is 4.24. The zero-order valence-corrected chi connectivity index (χ0v) is 14.5. The van der Waals surface area contributed by atoms with Gasteiger partial charge >= 0.3 is 0 Å². The van der Waals surface area contributed by atoms with E-state index in [1.165, 1.54) is 0 Å². The van der Waals surface area contributed by atoms with Crippen LogP contribution in [0.2, 0.25) is 0 Å². The third kappa shape index (κ3) is 3.09. The standard InChI is InChI=1S/C21H18ClNO/c1-14(13-23)20-10-17(9-15-3-5-16(12-22)6-4-15)19-8-7-18(24-2)11-21(19)20/h3-11,14H,12H2,1-2H3. The van der Waals surface area contributed by atoms with Crippen molar-refractivity contribution in [1.29, 1.82) is 5.26 Å². The summed E-state index contributed by atoms with van der Waals surface area (Å²) in [6, 6.07) is 16.5. The average Bonchev–Trinajstić information content (AvgIpc) is 2.99. The fourth-order valence-corrected chi connectivity index (χ4v) is 3.07. The maximum absolute atomic E-state index is 9.33. The number of benzene rings is 2. The Hall–Kier alpha value is -2.50. The van der Waals surface area contributed by atoms with Crippen molar-refractivity contribution in [3.05, 3.63) is 70.8 Å². The van der Waals surface area contributed by atoms with E-state index in [9.17, 15) is 5.26 Å². The van der Waals surface area contributed by atoms with Gasteiger partial charge < -0.3 is 4.74 Å². The number of alkyl halides is 1. The fourth-order valence-electron chi connectivity index (χ4n) is 2.89. The van der Waals surface area contributed by atoms with Crippen LogP contribution in [0.5, 0.6) is 5.75 Å². The fraction of sp³-hybridized carbons (Fsp3) is 0.190. The lowest BCUT2D eigenvalue weighted by molar-refractivity contribution is 0.414. The summed E-state index contributed by atoms with van der Waals surface area (Å²) in [5, 5.41) is 9.33. The molecule has 0 aromatic heterocycles. The molecule has 0 bridgehead atoms. The first-order valence-corrected chi connectivity index (χ1v) is 8.36. The van der Waals surface area contributed by atoms with Crippen LogP contribution in [0.1, 0.15) is 29.2 Å². The number of rotatable bonds is 4. The number of nitriles is 1. The van der Waals surface area contributed by atoms with E-state index < -0.39 is 0 Å². The molecular weight excluding hydrogens is 318 g/mol. The molecule has 2 aromatic carbocycles. The number of halogens is 1. The van der Waals surface area contributed by atoms with Crippen molar-refractivity contribution in [1.82, 2.24) is 0 Å². The highest BCUT2D eigenvalue weighted by Gasteiger charge is 2.23. The van der Waals surface area contributed by atoms with Crippen LogP contribution in [0.4, 0.5) is 0 Å². The first kappa shape index (κ1) is 16.4. The Morgan fingerprint density at radius 3 is 2.54 bits per heavy atom. The minimum absolute atomic E-state index is 0.166. The first-order valence-electron chi connectivity index (χ1n) is 7.83. The molecule has 120 valence electrons. The monoisotopic (exact) mass is 335 g/mol. The predicted molar refractivity (Wildman–Crippen MR) is 99.6 cm³/mol. The van der Waals surface area contributed by atoms with E-state index in [-0.39, 0.29) is 5.92 Å². The Balaban J connectivity index is 2.07. The molecule has 0 saturated carbocycles. The van der Waals surface area contributed by atoms with Gasteiger partial charge in [0.1, 0.15) is 5.75 Å². The smallest absolute Gasteiger partial charge is 0.119 e. The van der Waals surface area contributed by atoms with Crippen molar-refractivity contribution in [3.8, 4) is 11.8 Å². The zero-order chi connectivity index (χ0) is 17.1. The number of nitrogens with zero attached hydrogens (tertiary/aromatic N) is 1. The molecule has 0 radical (unpaired) electrons. The van der Waals surface area contributed by atoms with E-state index in [0.717, 1.165) is 39.1 Å². The average molecular weight is 336 g/mol. The van der Waals surface area contributed by atoms with Gasteiger partial charge in [0.2, 0.25) is 0 Å². The number of hydrogen-bond acceptors (Lipinski definition) is 2. The van der Waals surface area contributed by atoms with Crippen LogP contribution in [0.25, 0.3) is 17.2 Å². The summed E-state index contributed by atoms with van der Waals surface area (Å²) in [5.74, 6) is 1.15. The Kier molecular flexibility index (Phi) is 4.74. The van der Waals surface area contributed by atoms with E-state index in [1.807, 2.05) is 31.2 Å². The van der Waals surface area contributed by atoms with Gasteiger partial charge in [-0.1, -0.05) is 30.3 Å². The molecule has 24 heavy (non-hydrogen) atoms. The number of methoxy groups -OCH3 is 1. The molecule has 1 atom stereocenters. The van der Waals surface area contributed by atoms with Crippen molar-refractivity contribution in [2.75, 3.05) is 7.11 Å². The normalized spacial score (nSPS) is 15.6. The van der Waals surface area contributed by atoms with Gasteiger partial charge in [0.05, 0.1) is 19.1 Å². The summed E-state index contributed by atoms with van der Waals surface area (Å²) in [6.45, 7) is 1.92. The Morgan fingerprint density at radius 1 is 1.17 bits per heavy atom.